The van der Waals surface area contributed by atoms with E-state index in [2.05, 4.69) is 10.3 Å². The van der Waals surface area contributed by atoms with E-state index < -0.39 is 5.25 Å². The van der Waals surface area contributed by atoms with Gasteiger partial charge in [0.2, 0.25) is 5.91 Å². The van der Waals surface area contributed by atoms with Gasteiger partial charge in [0.05, 0.1) is 36.9 Å². The summed E-state index contributed by atoms with van der Waals surface area (Å²) in [6.45, 7) is 2.56. The van der Waals surface area contributed by atoms with E-state index in [-0.39, 0.29) is 23.3 Å². The first-order chi connectivity index (χ1) is 16.4. The van der Waals surface area contributed by atoms with Crippen LogP contribution in [0.15, 0.2) is 41.2 Å². The number of hydrogen-bond donors (Lipinski definition) is 1. The lowest BCUT2D eigenvalue weighted by atomic mass is 10.1. The van der Waals surface area contributed by atoms with Crippen LogP contribution in [0, 0.1) is 0 Å². The Labute approximate surface area is 200 Å². The maximum absolute atomic E-state index is 13.2. The second-order valence-electron chi connectivity index (χ2n) is 7.64. The second-order valence-corrected chi connectivity index (χ2v) is 8.82. The van der Waals surface area contributed by atoms with Crippen LogP contribution < -0.4 is 25.1 Å². The summed E-state index contributed by atoms with van der Waals surface area (Å²) in [6, 6.07) is 10.7. The average Bonchev–Trinajstić information content (AvgIpc) is 3.16. The van der Waals surface area contributed by atoms with Crippen molar-refractivity contribution in [3.05, 3.63) is 58.1 Å². The number of aryl methyl sites for hydroxylation is 1. The third kappa shape index (κ3) is 4.86. The molecular formula is C24H25N3O6S. The van der Waals surface area contributed by atoms with Gasteiger partial charge < -0.3 is 14.2 Å². The van der Waals surface area contributed by atoms with Gasteiger partial charge in [-0.15, -0.1) is 0 Å². The van der Waals surface area contributed by atoms with Crippen molar-refractivity contribution in [1.29, 1.82) is 0 Å². The van der Waals surface area contributed by atoms with Crippen molar-refractivity contribution in [3.63, 3.8) is 0 Å². The molecule has 1 saturated heterocycles. The standard InChI is InChI=1S/C24H25N3O6S/c1-4-21-25-17-13-19(32-3)18(31-2)12-16(17)23(29)27(21)9-10-33-15-7-5-14(6-8-15)11-20-22(28)26-24(30)34-20/h5-8,12-13,20H,4,9-11H2,1-3H3,(H,26,28,30). The maximum Gasteiger partial charge on any atom is 0.286 e. The molecule has 9 nitrogen and oxygen atoms in total. The number of methoxy groups -OCH3 is 2. The van der Waals surface area contributed by atoms with Crippen LogP contribution in [0.4, 0.5) is 4.79 Å². The zero-order valence-corrected chi connectivity index (χ0v) is 19.9. The van der Waals surface area contributed by atoms with E-state index >= 15 is 0 Å². The zero-order valence-electron chi connectivity index (χ0n) is 19.1. The van der Waals surface area contributed by atoms with E-state index in [4.69, 9.17) is 14.2 Å². The summed E-state index contributed by atoms with van der Waals surface area (Å²) >= 11 is 1.01. The second kappa shape index (κ2) is 10.2. The minimum atomic E-state index is -0.405. The number of nitrogens with one attached hydrogen (secondary N) is 1. The van der Waals surface area contributed by atoms with Crippen LogP contribution in [-0.2, 0) is 24.2 Å². The van der Waals surface area contributed by atoms with Crippen LogP contribution in [0.2, 0.25) is 0 Å². The molecule has 178 valence electrons. The third-order valence-corrected chi connectivity index (χ3v) is 6.53. The summed E-state index contributed by atoms with van der Waals surface area (Å²) in [6.07, 6.45) is 1.05. The van der Waals surface area contributed by atoms with Gasteiger partial charge in [-0.2, -0.15) is 0 Å². The number of rotatable bonds is 9. The summed E-state index contributed by atoms with van der Waals surface area (Å²) in [4.78, 5) is 40.9. The molecule has 4 rings (SSSR count). The number of carbonyl (C=O) groups is 2. The van der Waals surface area contributed by atoms with Crippen LogP contribution in [0.5, 0.6) is 17.2 Å². The molecule has 1 aliphatic heterocycles. The van der Waals surface area contributed by atoms with Crippen molar-refractivity contribution in [2.45, 2.75) is 31.6 Å². The number of aromatic nitrogens is 2. The van der Waals surface area contributed by atoms with Crippen molar-refractivity contribution in [1.82, 2.24) is 14.9 Å². The number of fused-ring (bicyclic) bond motifs is 1. The Bertz CT molecular complexity index is 1290. The fourth-order valence-corrected chi connectivity index (χ4v) is 4.67. The van der Waals surface area contributed by atoms with Crippen molar-refractivity contribution < 1.29 is 23.8 Å². The molecule has 2 aromatic carbocycles. The van der Waals surface area contributed by atoms with E-state index in [9.17, 15) is 14.4 Å². The molecule has 2 amide bonds. The molecule has 0 radical (unpaired) electrons. The fourth-order valence-electron chi connectivity index (χ4n) is 3.81. The van der Waals surface area contributed by atoms with Gasteiger partial charge in [0, 0.05) is 12.5 Å². The highest BCUT2D eigenvalue weighted by atomic mass is 32.2. The summed E-state index contributed by atoms with van der Waals surface area (Å²) in [5.74, 6) is 2.04. The Morgan fingerprint density at radius 3 is 2.38 bits per heavy atom. The molecule has 0 saturated carbocycles. The van der Waals surface area contributed by atoms with Gasteiger partial charge in [0.25, 0.3) is 10.8 Å². The predicted molar refractivity (Wildman–Crippen MR) is 129 cm³/mol. The van der Waals surface area contributed by atoms with Gasteiger partial charge in [0.15, 0.2) is 11.5 Å². The number of benzene rings is 2. The highest BCUT2D eigenvalue weighted by Crippen LogP contribution is 2.30. The first-order valence-electron chi connectivity index (χ1n) is 10.8. The number of carbonyl (C=O) groups excluding carboxylic acids is 2. The van der Waals surface area contributed by atoms with Crippen LogP contribution in [0.3, 0.4) is 0 Å². The molecule has 1 aromatic heterocycles. The van der Waals surface area contributed by atoms with E-state index in [0.717, 1.165) is 17.3 Å². The molecule has 3 aromatic rings. The molecule has 34 heavy (non-hydrogen) atoms. The van der Waals surface area contributed by atoms with Crippen LogP contribution in [0.25, 0.3) is 10.9 Å². The molecule has 1 N–H and O–H groups in total. The van der Waals surface area contributed by atoms with Crippen LogP contribution >= 0.6 is 11.8 Å². The van der Waals surface area contributed by atoms with Crippen molar-refractivity contribution in [3.8, 4) is 17.2 Å². The predicted octanol–water partition coefficient (Wildman–Crippen LogP) is 2.95. The molecule has 1 aliphatic rings. The topological polar surface area (TPSA) is 109 Å². The number of nitrogens with zero attached hydrogens (tertiary/aromatic N) is 2. The number of thioether (sulfide) groups is 1. The van der Waals surface area contributed by atoms with Gasteiger partial charge in [-0.25, -0.2) is 4.98 Å². The molecule has 10 heteroatoms. The minimum absolute atomic E-state index is 0.163. The Morgan fingerprint density at radius 2 is 1.76 bits per heavy atom. The Hall–Kier alpha value is -3.53. The monoisotopic (exact) mass is 483 g/mol. The average molecular weight is 484 g/mol. The lowest BCUT2D eigenvalue weighted by molar-refractivity contribution is -0.118. The first kappa shape index (κ1) is 23.6. The molecule has 2 heterocycles. The number of imide groups is 1. The van der Waals surface area contributed by atoms with Crippen molar-refractivity contribution in [2.24, 2.45) is 0 Å². The van der Waals surface area contributed by atoms with Gasteiger partial charge in [0.1, 0.15) is 18.2 Å². The molecule has 1 atom stereocenters. The number of ether oxygens (including phenoxy) is 3. The smallest absolute Gasteiger partial charge is 0.286 e. The minimum Gasteiger partial charge on any atom is -0.493 e. The fraction of sp³-hybridized carbons (Fsp3) is 0.333. The van der Waals surface area contributed by atoms with Crippen LogP contribution in [0.1, 0.15) is 18.3 Å². The molecule has 0 aliphatic carbocycles. The first-order valence-corrected chi connectivity index (χ1v) is 11.7. The maximum atomic E-state index is 13.2. The summed E-state index contributed by atoms with van der Waals surface area (Å²) in [5, 5.41) is 2.03. The summed E-state index contributed by atoms with van der Waals surface area (Å²) < 4.78 is 18.1. The SMILES string of the molecule is CCc1nc2cc(OC)c(OC)cc2c(=O)n1CCOc1ccc(CC2SC(=O)NC2=O)cc1. The Balaban J connectivity index is 1.46. The van der Waals surface area contributed by atoms with Gasteiger partial charge in [-0.3, -0.25) is 24.3 Å². The molecule has 0 bridgehead atoms. The van der Waals surface area contributed by atoms with Crippen LogP contribution in [-0.4, -0.2) is 46.8 Å². The van der Waals surface area contributed by atoms with Gasteiger partial charge in [-0.05, 0) is 30.2 Å². The Kier molecular flexibility index (Phi) is 7.06. The van der Waals surface area contributed by atoms with E-state index in [1.54, 1.807) is 23.8 Å². The third-order valence-electron chi connectivity index (χ3n) is 5.55. The lowest BCUT2D eigenvalue weighted by Gasteiger charge is -2.15. The number of hydrogen-bond acceptors (Lipinski definition) is 8. The molecule has 1 unspecified atom stereocenters. The van der Waals surface area contributed by atoms with Gasteiger partial charge >= 0.3 is 0 Å². The molecule has 0 spiro atoms. The highest BCUT2D eigenvalue weighted by molar-refractivity contribution is 8.15. The zero-order chi connectivity index (χ0) is 24.2. The van der Waals surface area contributed by atoms with E-state index in [1.165, 1.54) is 7.11 Å². The van der Waals surface area contributed by atoms with Crippen molar-refractivity contribution in [2.75, 3.05) is 20.8 Å². The Morgan fingerprint density at radius 1 is 1.06 bits per heavy atom. The number of amides is 2. The largest absolute Gasteiger partial charge is 0.493 e. The van der Waals surface area contributed by atoms with E-state index in [1.807, 2.05) is 31.2 Å². The van der Waals surface area contributed by atoms with Gasteiger partial charge in [-0.1, -0.05) is 30.8 Å². The van der Waals surface area contributed by atoms with Crippen molar-refractivity contribution >= 4 is 33.8 Å². The molecule has 1 fully saturated rings. The highest BCUT2D eigenvalue weighted by Gasteiger charge is 2.31. The summed E-state index contributed by atoms with van der Waals surface area (Å²) in [7, 11) is 3.07. The summed E-state index contributed by atoms with van der Waals surface area (Å²) in [5.41, 5.74) is 1.33. The quantitative estimate of drug-likeness (QED) is 0.495. The normalized spacial score (nSPS) is 15.4. The van der Waals surface area contributed by atoms with E-state index in [0.29, 0.717) is 53.4 Å². The lowest BCUT2D eigenvalue weighted by Crippen LogP contribution is -2.27. The molecular weight excluding hydrogens is 458 g/mol.